The fourth-order valence-corrected chi connectivity index (χ4v) is 3.73. The molecule has 4 heterocycles. The third-order valence-electron chi connectivity index (χ3n) is 5.14. The fourth-order valence-electron chi connectivity index (χ4n) is 3.58. The summed E-state index contributed by atoms with van der Waals surface area (Å²) < 4.78 is 1.97. The zero-order valence-electron chi connectivity index (χ0n) is 15.9. The molecular formula is C20H19ClN8. The maximum atomic E-state index is 6.05. The number of nitrogens with one attached hydrogen (secondary N) is 1. The number of rotatable bonds is 4. The molecule has 0 aliphatic carbocycles. The van der Waals surface area contributed by atoms with E-state index in [4.69, 9.17) is 11.6 Å². The summed E-state index contributed by atoms with van der Waals surface area (Å²) in [4.78, 5) is 19.7. The summed E-state index contributed by atoms with van der Waals surface area (Å²) in [6.45, 7) is 5.67. The highest BCUT2D eigenvalue weighted by Gasteiger charge is 2.18. The molecule has 0 spiro atoms. The van der Waals surface area contributed by atoms with Crippen LogP contribution in [0, 0.1) is 6.92 Å². The van der Waals surface area contributed by atoms with Gasteiger partial charge in [-0.05, 0) is 42.3 Å². The zero-order valence-corrected chi connectivity index (χ0v) is 16.6. The number of benzene rings is 1. The maximum Gasteiger partial charge on any atom is 0.160 e. The molecule has 0 atom stereocenters. The Bertz CT molecular complexity index is 1190. The molecule has 1 N–H and O–H groups in total. The van der Waals surface area contributed by atoms with Gasteiger partial charge in [0.1, 0.15) is 29.1 Å². The van der Waals surface area contributed by atoms with Gasteiger partial charge in [0.2, 0.25) is 0 Å². The Labute approximate surface area is 172 Å². The Balaban J connectivity index is 1.35. The Kier molecular flexibility index (Phi) is 4.57. The topological polar surface area (TPSA) is 84.7 Å². The Hall–Kier alpha value is -3.10. The van der Waals surface area contributed by atoms with Crippen LogP contribution in [0.3, 0.4) is 0 Å². The second-order valence-corrected chi connectivity index (χ2v) is 7.49. The predicted octanol–water partition coefficient (Wildman–Crippen LogP) is 3.34. The highest BCUT2D eigenvalue weighted by Crippen LogP contribution is 2.25. The molecule has 146 valence electrons. The van der Waals surface area contributed by atoms with Crippen LogP contribution in [-0.2, 0) is 19.6 Å². The molecule has 5 rings (SSSR count). The average Bonchev–Trinajstić information content (AvgIpc) is 3.18. The van der Waals surface area contributed by atoms with Gasteiger partial charge in [-0.2, -0.15) is 5.10 Å². The van der Waals surface area contributed by atoms with Crippen LogP contribution in [0.2, 0.25) is 5.15 Å². The van der Waals surface area contributed by atoms with E-state index < -0.39 is 0 Å². The minimum atomic E-state index is 0.416. The van der Waals surface area contributed by atoms with Crippen molar-refractivity contribution in [2.75, 3.05) is 11.9 Å². The van der Waals surface area contributed by atoms with Crippen molar-refractivity contribution in [2.45, 2.75) is 26.6 Å². The number of nitrogens with zero attached hydrogens (tertiary/aromatic N) is 7. The summed E-state index contributed by atoms with van der Waals surface area (Å²) in [5.41, 5.74) is 4.85. The third-order valence-corrected chi connectivity index (χ3v) is 5.35. The summed E-state index contributed by atoms with van der Waals surface area (Å²) >= 11 is 6.05. The van der Waals surface area contributed by atoms with Crippen LogP contribution in [0.4, 0.5) is 11.5 Å². The lowest BCUT2D eigenvalue weighted by molar-refractivity contribution is 0.201. The van der Waals surface area contributed by atoms with E-state index in [1.54, 1.807) is 12.4 Å². The van der Waals surface area contributed by atoms with E-state index in [1.807, 2.05) is 10.7 Å². The van der Waals surface area contributed by atoms with Crippen LogP contribution in [-0.4, -0.2) is 41.2 Å². The molecule has 8 nitrogen and oxygen atoms in total. The van der Waals surface area contributed by atoms with Gasteiger partial charge in [0.05, 0.1) is 18.6 Å². The lowest BCUT2D eigenvalue weighted by Gasteiger charge is -2.27. The first-order valence-corrected chi connectivity index (χ1v) is 9.76. The van der Waals surface area contributed by atoms with E-state index in [0.717, 1.165) is 43.2 Å². The van der Waals surface area contributed by atoms with Crippen LogP contribution in [0.5, 0.6) is 0 Å². The van der Waals surface area contributed by atoms with Crippen molar-refractivity contribution in [1.82, 2.24) is 34.6 Å². The minimum absolute atomic E-state index is 0.416. The molecule has 3 aromatic heterocycles. The Morgan fingerprint density at radius 3 is 2.90 bits per heavy atom. The van der Waals surface area contributed by atoms with E-state index in [0.29, 0.717) is 16.5 Å². The molecule has 0 fully saturated rings. The summed E-state index contributed by atoms with van der Waals surface area (Å²) in [5.74, 6) is 1.66. The summed E-state index contributed by atoms with van der Waals surface area (Å²) in [6.07, 6.45) is 3.15. The molecule has 1 aliphatic heterocycles. The molecule has 1 aliphatic rings. The van der Waals surface area contributed by atoms with Gasteiger partial charge in [-0.25, -0.2) is 24.6 Å². The minimum Gasteiger partial charge on any atom is -0.338 e. The van der Waals surface area contributed by atoms with Gasteiger partial charge in [0, 0.05) is 18.8 Å². The van der Waals surface area contributed by atoms with Gasteiger partial charge in [-0.1, -0.05) is 17.7 Å². The molecule has 0 bridgehead atoms. The fraction of sp³-hybridized carbons (Fsp3) is 0.250. The highest BCUT2D eigenvalue weighted by atomic mass is 35.5. The van der Waals surface area contributed by atoms with E-state index in [9.17, 15) is 0 Å². The number of aromatic nitrogens is 6. The van der Waals surface area contributed by atoms with Crippen molar-refractivity contribution in [3.05, 3.63) is 65.1 Å². The predicted molar refractivity (Wildman–Crippen MR) is 111 cm³/mol. The SMILES string of the molecule is Cc1cc(Nc2ncnc3ccc(Cl)nc23)ccc1CN1CCn2ncnc2C1. The number of aryl methyl sites for hydroxylation is 1. The van der Waals surface area contributed by atoms with E-state index in [2.05, 4.69) is 60.4 Å². The van der Waals surface area contributed by atoms with E-state index in [1.165, 1.54) is 17.5 Å². The van der Waals surface area contributed by atoms with Crippen LogP contribution >= 0.6 is 11.6 Å². The number of fused-ring (bicyclic) bond motifs is 2. The van der Waals surface area contributed by atoms with Crippen molar-refractivity contribution in [2.24, 2.45) is 0 Å². The molecule has 0 amide bonds. The zero-order chi connectivity index (χ0) is 19.8. The third kappa shape index (κ3) is 3.64. The van der Waals surface area contributed by atoms with Gasteiger partial charge < -0.3 is 5.32 Å². The molecule has 0 saturated carbocycles. The molecular weight excluding hydrogens is 388 g/mol. The standard InChI is InChI=1S/C20H19ClN8/c1-13-8-15(26-20-19-16(22-11-24-20)4-5-17(21)27-19)3-2-14(13)9-28-6-7-29-18(10-28)23-12-25-29/h2-5,8,11-12H,6-7,9-10H2,1H3,(H,22,24,26). The number of anilines is 2. The van der Waals surface area contributed by atoms with Crippen LogP contribution < -0.4 is 5.32 Å². The number of hydrogen-bond acceptors (Lipinski definition) is 7. The molecule has 4 aromatic rings. The van der Waals surface area contributed by atoms with Crippen LogP contribution in [0.15, 0.2) is 43.0 Å². The molecule has 0 unspecified atom stereocenters. The van der Waals surface area contributed by atoms with Crippen molar-refractivity contribution < 1.29 is 0 Å². The van der Waals surface area contributed by atoms with Crippen molar-refractivity contribution in [3.63, 3.8) is 0 Å². The van der Waals surface area contributed by atoms with E-state index in [-0.39, 0.29) is 0 Å². The number of halogens is 1. The molecule has 1 aromatic carbocycles. The smallest absolute Gasteiger partial charge is 0.160 e. The normalized spacial score (nSPS) is 14.1. The maximum absolute atomic E-state index is 6.05. The first-order chi connectivity index (χ1) is 14.2. The highest BCUT2D eigenvalue weighted by molar-refractivity contribution is 6.29. The summed E-state index contributed by atoms with van der Waals surface area (Å²) in [7, 11) is 0. The first-order valence-electron chi connectivity index (χ1n) is 9.38. The largest absolute Gasteiger partial charge is 0.338 e. The van der Waals surface area contributed by atoms with Gasteiger partial charge in [0.25, 0.3) is 0 Å². The van der Waals surface area contributed by atoms with Crippen LogP contribution in [0.25, 0.3) is 11.0 Å². The number of hydrogen-bond donors (Lipinski definition) is 1. The molecule has 9 heteroatoms. The second-order valence-electron chi connectivity index (χ2n) is 7.10. The Morgan fingerprint density at radius 1 is 1.07 bits per heavy atom. The molecule has 0 radical (unpaired) electrons. The summed E-state index contributed by atoms with van der Waals surface area (Å²) in [6, 6.07) is 9.91. The van der Waals surface area contributed by atoms with Gasteiger partial charge >= 0.3 is 0 Å². The summed E-state index contributed by atoms with van der Waals surface area (Å²) in [5, 5.41) is 8.01. The van der Waals surface area contributed by atoms with Crippen molar-refractivity contribution >= 4 is 34.1 Å². The van der Waals surface area contributed by atoms with E-state index >= 15 is 0 Å². The quantitative estimate of drug-likeness (QED) is 0.520. The molecule has 29 heavy (non-hydrogen) atoms. The monoisotopic (exact) mass is 406 g/mol. The average molecular weight is 407 g/mol. The van der Waals surface area contributed by atoms with Crippen molar-refractivity contribution in [3.8, 4) is 0 Å². The lowest BCUT2D eigenvalue weighted by Crippen LogP contribution is -2.34. The lowest BCUT2D eigenvalue weighted by atomic mass is 10.1. The second kappa shape index (κ2) is 7.38. The number of pyridine rings is 1. The first kappa shape index (κ1) is 18.0. The Morgan fingerprint density at radius 2 is 2.00 bits per heavy atom. The van der Waals surface area contributed by atoms with Gasteiger partial charge in [-0.3, -0.25) is 4.90 Å². The van der Waals surface area contributed by atoms with Gasteiger partial charge in [-0.15, -0.1) is 0 Å². The van der Waals surface area contributed by atoms with Crippen molar-refractivity contribution in [1.29, 1.82) is 0 Å². The van der Waals surface area contributed by atoms with Gasteiger partial charge in [0.15, 0.2) is 5.82 Å². The molecule has 0 saturated heterocycles. The van der Waals surface area contributed by atoms with Crippen LogP contribution in [0.1, 0.15) is 17.0 Å².